The van der Waals surface area contributed by atoms with E-state index < -0.39 is 0 Å². The van der Waals surface area contributed by atoms with Crippen LogP contribution in [0.4, 0.5) is 0 Å². The summed E-state index contributed by atoms with van der Waals surface area (Å²) in [5, 5.41) is 7.12. The van der Waals surface area contributed by atoms with E-state index in [0.717, 1.165) is 30.5 Å². The summed E-state index contributed by atoms with van der Waals surface area (Å²) < 4.78 is 17.8. The van der Waals surface area contributed by atoms with Crippen LogP contribution in [0.15, 0.2) is 29.3 Å². The van der Waals surface area contributed by atoms with Crippen LogP contribution >= 0.6 is 0 Å². The van der Waals surface area contributed by atoms with E-state index in [1.807, 2.05) is 31.3 Å². The minimum Gasteiger partial charge on any atom is -0.486 e. The molecule has 1 aromatic carbocycles. The molecule has 0 radical (unpaired) electrons. The summed E-state index contributed by atoms with van der Waals surface area (Å²) >= 11 is 0. The molecule has 2 aliphatic carbocycles. The molecule has 2 N–H and O–H groups in total. The minimum atomic E-state index is -0.0231. The number of hydrogen-bond donors (Lipinski definition) is 2. The van der Waals surface area contributed by atoms with Gasteiger partial charge in [-0.3, -0.25) is 4.99 Å². The van der Waals surface area contributed by atoms with Crippen molar-refractivity contribution in [2.24, 2.45) is 16.3 Å². The molecule has 2 heterocycles. The molecule has 140 valence electrons. The predicted octanol–water partition coefficient (Wildman–Crippen LogP) is 1.95. The van der Waals surface area contributed by atoms with Crippen molar-refractivity contribution in [1.82, 2.24) is 10.6 Å². The zero-order valence-electron chi connectivity index (χ0n) is 15.2. The zero-order valence-corrected chi connectivity index (χ0v) is 15.2. The second-order valence-electron chi connectivity index (χ2n) is 7.90. The number of aliphatic imine (C=N–C) groups is 1. The standard InChI is InChI=1S/C20H27N3O3/c1-21-19(22-11-13-12-25-15-5-2-3-6-16(15)26-13)23-17-14-7-10-24-18(14)20(17)8-4-9-20/h2-3,5-6,13-14,17-18H,4,7-12H2,1H3,(H2,21,22,23). The van der Waals surface area contributed by atoms with E-state index >= 15 is 0 Å². The second-order valence-corrected chi connectivity index (χ2v) is 7.90. The van der Waals surface area contributed by atoms with Gasteiger partial charge in [0.15, 0.2) is 17.5 Å². The number of ether oxygens (including phenoxy) is 3. The number of nitrogens with zero attached hydrogens (tertiary/aromatic N) is 1. The third-order valence-corrected chi connectivity index (χ3v) is 6.62. The number of hydrogen-bond acceptors (Lipinski definition) is 4. The fourth-order valence-corrected chi connectivity index (χ4v) is 5.17. The van der Waals surface area contributed by atoms with E-state index in [2.05, 4.69) is 15.6 Å². The summed E-state index contributed by atoms with van der Waals surface area (Å²) in [6.45, 7) is 2.12. The van der Waals surface area contributed by atoms with Gasteiger partial charge in [0.1, 0.15) is 12.7 Å². The monoisotopic (exact) mass is 357 g/mol. The van der Waals surface area contributed by atoms with Crippen LogP contribution in [-0.2, 0) is 4.74 Å². The molecule has 3 fully saturated rings. The Morgan fingerprint density at radius 2 is 2.12 bits per heavy atom. The van der Waals surface area contributed by atoms with Crippen LogP contribution in [0.3, 0.4) is 0 Å². The summed E-state index contributed by atoms with van der Waals surface area (Å²) in [6.07, 6.45) is 5.49. The maximum absolute atomic E-state index is 6.02. The molecule has 6 nitrogen and oxygen atoms in total. The normalized spacial score (nSPS) is 33.8. The van der Waals surface area contributed by atoms with Gasteiger partial charge in [0.05, 0.1) is 12.6 Å². The summed E-state index contributed by atoms with van der Waals surface area (Å²) in [6, 6.07) is 8.30. The van der Waals surface area contributed by atoms with Crippen LogP contribution < -0.4 is 20.1 Å². The molecule has 5 rings (SSSR count). The van der Waals surface area contributed by atoms with Gasteiger partial charge in [-0.25, -0.2) is 0 Å². The Morgan fingerprint density at radius 3 is 2.88 bits per heavy atom. The number of nitrogens with one attached hydrogen (secondary N) is 2. The molecule has 4 unspecified atom stereocenters. The van der Waals surface area contributed by atoms with Crippen LogP contribution in [0.2, 0.25) is 0 Å². The van der Waals surface area contributed by atoms with Gasteiger partial charge in [-0.2, -0.15) is 0 Å². The highest BCUT2D eigenvalue weighted by atomic mass is 16.6. The summed E-state index contributed by atoms with van der Waals surface area (Å²) in [5.41, 5.74) is 0.349. The van der Waals surface area contributed by atoms with Crippen molar-refractivity contribution in [2.75, 3.05) is 26.8 Å². The van der Waals surface area contributed by atoms with Crippen molar-refractivity contribution in [3.63, 3.8) is 0 Å². The topological polar surface area (TPSA) is 64.1 Å². The zero-order chi connectivity index (χ0) is 17.6. The smallest absolute Gasteiger partial charge is 0.191 e. The van der Waals surface area contributed by atoms with E-state index in [0.29, 0.717) is 36.6 Å². The molecule has 2 aliphatic heterocycles. The van der Waals surface area contributed by atoms with Crippen molar-refractivity contribution in [3.05, 3.63) is 24.3 Å². The van der Waals surface area contributed by atoms with Gasteiger partial charge in [-0.05, 0) is 31.4 Å². The molecule has 0 aromatic heterocycles. The Bertz CT molecular complexity index is 703. The van der Waals surface area contributed by atoms with Crippen molar-refractivity contribution in [2.45, 2.75) is 43.9 Å². The number of para-hydroxylation sites is 2. The quantitative estimate of drug-likeness (QED) is 0.639. The number of rotatable bonds is 3. The third-order valence-electron chi connectivity index (χ3n) is 6.62. The maximum Gasteiger partial charge on any atom is 0.191 e. The SMILES string of the molecule is CN=C(NCC1COc2ccccc2O1)NC1C2CCOC2C12CCC2. The molecule has 6 heteroatoms. The molecule has 2 saturated carbocycles. The summed E-state index contributed by atoms with van der Waals surface area (Å²) in [5.74, 6) is 3.12. The highest BCUT2D eigenvalue weighted by Crippen LogP contribution is 2.62. The Kier molecular flexibility index (Phi) is 3.96. The molecule has 1 aromatic rings. The average molecular weight is 357 g/mol. The molecule has 26 heavy (non-hydrogen) atoms. The van der Waals surface area contributed by atoms with Gasteiger partial charge in [0.25, 0.3) is 0 Å². The molecule has 0 amide bonds. The van der Waals surface area contributed by atoms with Crippen LogP contribution in [-0.4, -0.2) is 51.0 Å². The first-order chi connectivity index (χ1) is 12.8. The average Bonchev–Trinajstić information content (AvgIpc) is 3.05. The fraction of sp³-hybridized carbons (Fsp3) is 0.650. The van der Waals surface area contributed by atoms with E-state index in [1.165, 1.54) is 19.3 Å². The second kappa shape index (κ2) is 6.34. The number of guanidine groups is 1. The lowest BCUT2D eigenvalue weighted by atomic mass is 9.46. The molecule has 0 bridgehead atoms. The third kappa shape index (κ3) is 2.46. The van der Waals surface area contributed by atoms with Gasteiger partial charge in [0, 0.05) is 31.0 Å². The molecular formula is C20H27N3O3. The lowest BCUT2D eigenvalue weighted by molar-refractivity contribution is -0.171. The van der Waals surface area contributed by atoms with E-state index in [-0.39, 0.29) is 6.10 Å². The van der Waals surface area contributed by atoms with E-state index in [1.54, 1.807) is 0 Å². The van der Waals surface area contributed by atoms with Crippen LogP contribution in [0.25, 0.3) is 0 Å². The summed E-state index contributed by atoms with van der Waals surface area (Å²) in [7, 11) is 1.83. The minimum absolute atomic E-state index is 0.0231. The molecule has 1 spiro atoms. The molecular weight excluding hydrogens is 330 g/mol. The van der Waals surface area contributed by atoms with E-state index in [4.69, 9.17) is 14.2 Å². The Morgan fingerprint density at radius 1 is 1.27 bits per heavy atom. The van der Waals surface area contributed by atoms with E-state index in [9.17, 15) is 0 Å². The van der Waals surface area contributed by atoms with Gasteiger partial charge in [0.2, 0.25) is 0 Å². The van der Waals surface area contributed by atoms with Gasteiger partial charge in [-0.15, -0.1) is 0 Å². The highest BCUT2D eigenvalue weighted by molar-refractivity contribution is 5.80. The first-order valence-corrected chi connectivity index (χ1v) is 9.77. The predicted molar refractivity (Wildman–Crippen MR) is 98.8 cm³/mol. The molecule has 1 saturated heterocycles. The lowest BCUT2D eigenvalue weighted by Gasteiger charge is -2.63. The molecule has 4 atom stereocenters. The largest absolute Gasteiger partial charge is 0.486 e. The first kappa shape index (κ1) is 16.2. The van der Waals surface area contributed by atoms with Crippen LogP contribution in [0.5, 0.6) is 11.5 Å². The Labute approximate surface area is 154 Å². The van der Waals surface area contributed by atoms with Gasteiger partial charge in [-0.1, -0.05) is 18.6 Å². The number of benzene rings is 1. The first-order valence-electron chi connectivity index (χ1n) is 9.77. The Balaban J connectivity index is 1.18. The van der Waals surface area contributed by atoms with Crippen LogP contribution in [0, 0.1) is 11.3 Å². The lowest BCUT2D eigenvalue weighted by Crippen LogP contribution is -2.72. The van der Waals surface area contributed by atoms with Crippen LogP contribution in [0.1, 0.15) is 25.7 Å². The van der Waals surface area contributed by atoms with Crippen molar-refractivity contribution in [3.8, 4) is 11.5 Å². The highest BCUT2D eigenvalue weighted by Gasteiger charge is 2.66. The fourth-order valence-electron chi connectivity index (χ4n) is 5.17. The van der Waals surface area contributed by atoms with Crippen molar-refractivity contribution < 1.29 is 14.2 Å². The van der Waals surface area contributed by atoms with Crippen molar-refractivity contribution >= 4 is 5.96 Å². The van der Waals surface area contributed by atoms with Gasteiger partial charge < -0.3 is 24.8 Å². The Hall–Kier alpha value is -1.95. The van der Waals surface area contributed by atoms with Gasteiger partial charge >= 0.3 is 0 Å². The summed E-state index contributed by atoms with van der Waals surface area (Å²) in [4.78, 5) is 4.43. The maximum atomic E-state index is 6.02. The number of fused-ring (bicyclic) bond motifs is 3. The van der Waals surface area contributed by atoms with Crippen molar-refractivity contribution in [1.29, 1.82) is 0 Å². The molecule has 4 aliphatic rings.